The third-order valence-electron chi connectivity index (χ3n) is 4.35. The number of carbonyl (C=O) groups is 2. The number of fused-ring (bicyclic) bond motifs is 1. The van der Waals surface area contributed by atoms with Gasteiger partial charge in [-0.1, -0.05) is 52.3 Å². The third-order valence-corrected chi connectivity index (χ3v) is 4.88. The van der Waals surface area contributed by atoms with Crippen LogP contribution < -0.4 is 10.8 Å². The van der Waals surface area contributed by atoms with Crippen molar-refractivity contribution in [2.24, 2.45) is 0 Å². The van der Waals surface area contributed by atoms with E-state index in [1.54, 1.807) is 42.5 Å². The van der Waals surface area contributed by atoms with Crippen molar-refractivity contribution in [3.63, 3.8) is 0 Å². The Bertz CT molecular complexity index is 1080. The average molecular weight is 471 g/mol. The molecule has 154 valence electrons. The van der Waals surface area contributed by atoms with Gasteiger partial charge in [-0.2, -0.15) is 0 Å². The van der Waals surface area contributed by atoms with Gasteiger partial charge in [0.15, 0.2) is 0 Å². The van der Waals surface area contributed by atoms with Crippen LogP contribution >= 0.6 is 15.9 Å². The smallest absolute Gasteiger partial charge is 0.412 e. The lowest BCUT2D eigenvalue weighted by molar-refractivity contribution is -0.124. The summed E-state index contributed by atoms with van der Waals surface area (Å²) in [5, 5.41) is 22.8. The minimum atomic E-state index is -0.742. The van der Waals surface area contributed by atoms with Crippen molar-refractivity contribution in [3.8, 4) is 5.75 Å². The Hall–Kier alpha value is -3.36. The molecule has 1 atom stereocenters. The molecule has 30 heavy (non-hydrogen) atoms. The summed E-state index contributed by atoms with van der Waals surface area (Å²) in [6.45, 7) is 0. The van der Waals surface area contributed by atoms with Crippen LogP contribution in [-0.4, -0.2) is 22.3 Å². The maximum Gasteiger partial charge on any atom is 0.412 e. The first-order valence-electron chi connectivity index (χ1n) is 9.02. The molecule has 0 aliphatic rings. The molecule has 0 unspecified atom stereocenters. The zero-order valence-electron chi connectivity index (χ0n) is 15.7. The van der Waals surface area contributed by atoms with Gasteiger partial charge >= 0.3 is 6.09 Å². The van der Waals surface area contributed by atoms with Crippen molar-refractivity contribution < 1.29 is 24.6 Å². The molecule has 3 aromatic rings. The van der Waals surface area contributed by atoms with Crippen molar-refractivity contribution in [3.05, 3.63) is 82.9 Å². The summed E-state index contributed by atoms with van der Waals surface area (Å²) in [5.74, 6) is -0.578. The van der Waals surface area contributed by atoms with Crippen LogP contribution in [0.1, 0.15) is 18.1 Å². The van der Waals surface area contributed by atoms with Crippen LogP contribution in [0.15, 0.2) is 77.3 Å². The number of benzene rings is 3. The van der Waals surface area contributed by atoms with Gasteiger partial charge < -0.3 is 9.84 Å². The van der Waals surface area contributed by atoms with Gasteiger partial charge in [0, 0.05) is 33.6 Å². The van der Waals surface area contributed by atoms with E-state index in [1.165, 1.54) is 17.6 Å². The molecule has 8 heteroatoms. The molecule has 4 N–H and O–H groups in total. The fourth-order valence-electron chi connectivity index (χ4n) is 2.97. The van der Waals surface area contributed by atoms with Gasteiger partial charge in [0.1, 0.15) is 11.9 Å². The van der Waals surface area contributed by atoms with Gasteiger partial charge in [-0.05, 0) is 35.7 Å². The second-order valence-electron chi connectivity index (χ2n) is 6.36. The molecule has 2 amide bonds. The molecule has 7 nitrogen and oxygen atoms in total. The standard InChI is InChI=1S/C22H19BrN2O5/c23-14-8-10-15(11-9-14)24-22(28)30-20(6-3-7-21(27)25-29)18-12-13-19(26)17-5-2-1-4-16(17)18/h1-5,7-13,20,26,29H,6H2,(H,24,28)(H,25,27)/b7-3+/t20-/m0/s1. The highest BCUT2D eigenvalue weighted by Crippen LogP contribution is 2.34. The quantitative estimate of drug-likeness (QED) is 0.229. The zero-order valence-corrected chi connectivity index (χ0v) is 17.3. The molecule has 0 spiro atoms. The minimum absolute atomic E-state index is 0.114. The monoisotopic (exact) mass is 470 g/mol. The van der Waals surface area contributed by atoms with E-state index in [2.05, 4.69) is 21.2 Å². The highest BCUT2D eigenvalue weighted by molar-refractivity contribution is 9.10. The summed E-state index contributed by atoms with van der Waals surface area (Å²) in [6.07, 6.45) is 1.40. The number of halogens is 1. The maximum atomic E-state index is 12.5. The predicted octanol–water partition coefficient (Wildman–Crippen LogP) is 5.05. The van der Waals surface area contributed by atoms with E-state index in [1.807, 2.05) is 12.1 Å². The zero-order chi connectivity index (χ0) is 21.5. The number of anilines is 1. The van der Waals surface area contributed by atoms with E-state index < -0.39 is 18.1 Å². The second kappa shape index (κ2) is 9.91. The Morgan fingerprint density at radius 3 is 2.43 bits per heavy atom. The molecule has 0 heterocycles. The van der Waals surface area contributed by atoms with E-state index in [0.29, 0.717) is 16.6 Å². The van der Waals surface area contributed by atoms with Gasteiger partial charge in [-0.3, -0.25) is 15.3 Å². The number of hydrogen-bond acceptors (Lipinski definition) is 5. The number of nitrogens with one attached hydrogen (secondary N) is 2. The van der Waals surface area contributed by atoms with E-state index in [9.17, 15) is 14.7 Å². The van der Waals surface area contributed by atoms with Crippen molar-refractivity contribution in [2.45, 2.75) is 12.5 Å². The number of rotatable bonds is 6. The molecular formula is C22H19BrN2O5. The lowest BCUT2D eigenvalue weighted by atomic mass is 9.97. The topological polar surface area (TPSA) is 108 Å². The Labute approximate surface area is 181 Å². The summed E-state index contributed by atoms with van der Waals surface area (Å²) >= 11 is 3.33. The minimum Gasteiger partial charge on any atom is -0.507 e. The first-order chi connectivity index (χ1) is 14.5. The van der Waals surface area contributed by atoms with Gasteiger partial charge in [0.25, 0.3) is 5.91 Å². The van der Waals surface area contributed by atoms with Gasteiger partial charge in [-0.15, -0.1) is 0 Å². The molecule has 0 bridgehead atoms. The fraction of sp³-hybridized carbons (Fsp3) is 0.0909. The number of phenols is 1. The normalized spacial score (nSPS) is 11.9. The molecule has 3 aromatic carbocycles. The summed E-state index contributed by atoms with van der Waals surface area (Å²) in [6, 6.07) is 17.4. The Morgan fingerprint density at radius 1 is 1.03 bits per heavy atom. The number of amides is 2. The maximum absolute atomic E-state index is 12.5. The lowest BCUT2D eigenvalue weighted by Crippen LogP contribution is -2.18. The first kappa shape index (κ1) is 21.4. The summed E-state index contributed by atoms with van der Waals surface area (Å²) in [5.41, 5.74) is 2.74. The number of ether oxygens (including phenoxy) is 1. The Kier molecular flexibility index (Phi) is 7.05. The van der Waals surface area contributed by atoms with Gasteiger partial charge in [0.2, 0.25) is 0 Å². The van der Waals surface area contributed by atoms with Crippen molar-refractivity contribution in [1.29, 1.82) is 0 Å². The molecule has 0 radical (unpaired) electrons. The summed E-state index contributed by atoms with van der Waals surface area (Å²) < 4.78 is 6.52. The molecule has 0 aromatic heterocycles. The van der Waals surface area contributed by atoms with Gasteiger partial charge in [-0.25, -0.2) is 10.3 Å². The lowest BCUT2D eigenvalue weighted by Gasteiger charge is -2.19. The van der Waals surface area contributed by atoms with Crippen LogP contribution in [0.5, 0.6) is 5.75 Å². The highest BCUT2D eigenvalue weighted by Gasteiger charge is 2.19. The van der Waals surface area contributed by atoms with E-state index in [0.717, 1.165) is 15.9 Å². The number of phenolic OH excluding ortho intramolecular Hbond substituents is 1. The van der Waals surface area contributed by atoms with Crippen LogP contribution in [0.25, 0.3) is 10.8 Å². The number of hydroxylamine groups is 1. The van der Waals surface area contributed by atoms with Crippen molar-refractivity contribution in [1.82, 2.24) is 5.48 Å². The van der Waals surface area contributed by atoms with Crippen LogP contribution in [0.2, 0.25) is 0 Å². The molecule has 0 aliphatic carbocycles. The van der Waals surface area contributed by atoms with Crippen LogP contribution in [-0.2, 0) is 9.53 Å². The van der Waals surface area contributed by atoms with Gasteiger partial charge in [0.05, 0.1) is 0 Å². The molecule has 0 aliphatic heterocycles. The van der Waals surface area contributed by atoms with Crippen LogP contribution in [0, 0.1) is 0 Å². The molecule has 0 saturated heterocycles. The number of carbonyl (C=O) groups excluding carboxylic acids is 2. The summed E-state index contributed by atoms with van der Waals surface area (Å²) in [7, 11) is 0. The predicted molar refractivity (Wildman–Crippen MR) is 116 cm³/mol. The second-order valence-corrected chi connectivity index (χ2v) is 7.28. The molecule has 3 rings (SSSR count). The van der Waals surface area contributed by atoms with E-state index in [-0.39, 0.29) is 12.2 Å². The van der Waals surface area contributed by atoms with Crippen LogP contribution in [0.4, 0.5) is 10.5 Å². The SMILES string of the molecule is O=C(/C=C/C[C@H](OC(=O)Nc1ccc(Br)cc1)c1ccc(O)c2ccccc12)NO. The average Bonchev–Trinajstić information content (AvgIpc) is 2.75. The van der Waals surface area contributed by atoms with Crippen molar-refractivity contribution >= 4 is 44.4 Å². The largest absolute Gasteiger partial charge is 0.507 e. The highest BCUT2D eigenvalue weighted by atomic mass is 79.9. The van der Waals surface area contributed by atoms with Crippen molar-refractivity contribution in [2.75, 3.05) is 5.32 Å². The fourth-order valence-corrected chi connectivity index (χ4v) is 3.24. The first-order valence-corrected chi connectivity index (χ1v) is 9.81. The van der Waals surface area contributed by atoms with E-state index >= 15 is 0 Å². The molecule has 0 fully saturated rings. The summed E-state index contributed by atoms with van der Waals surface area (Å²) in [4.78, 5) is 23.8. The Balaban J connectivity index is 1.88. The molecular weight excluding hydrogens is 452 g/mol. The third kappa shape index (κ3) is 5.37. The number of aromatic hydroxyl groups is 1. The van der Waals surface area contributed by atoms with E-state index in [4.69, 9.17) is 9.94 Å². The molecule has 0 saturated carbocycles. The Morgan fingerprint density at radius 2 is 1.73 bits per heavy atom. The van der Waals surface area contributed by atoms with Crippen LogP contribution in [0.3, 0.4) is 0 Å². The number of hydrogen-bond donors (Lipinski definition) is 4.